The summed E-state index contributed by atoms with van der Waals surface area (Å²) in [7, 11) is 0. The van der Waals surface area contributed by atoms with Crippen molar-refractivity contribution in [2.24, 2.45) is 0 Å². The average molecular weight is 197 g/mol. The van der Waals surface area contributed by atoms with E-state index in [1.54, 1.807) is 0 Å². The molecule has 78 valence electrons. The molecule has 0 aliphatic carbocycles. The Morgan fingerprint density at radius 2 is 2.36 bits per heavy atom. The van der Waals surface area contributed by atoms with E-state index in [-0.39, 0.29) is 6.03 Å². The Morgan fingerprint density at radius 1 is 1.50 bits per heavy atom. The van der Waals surface area contributed by atoms with Crippen molar-refractivity contribution in [3.8, 4) is 0 Å². The van der Waals surface area contributed by atoms with Crippen LogP contribution in [0.1, 0.15) is 6.42 Å². The Kier molecular flexibility index (Phi) is 2.67. The Balaban J connectivity index is 1.86. The second kappa shape index (κ2) is 3.96. The molecule has 0 saturated carbocycles. The first kappa shape index (κ1) is 9.45. The van der Waals surface area contributed by atoms with E-state index in [4.69, 9.17) is 0 Å². The number of hydrogen-bond donors (Lipinski definition) is 1. The van der Waals surface area contributed by atoms with Crippen molar-refractivity contribution in [2.45, 2.75) is 12.5 Å². The van der Waals surface area contributed by atoms with Crippen molar-refractivity contribution in [3.05, 3.63) is 0 Å². The van der Waals surface area contributed by atoms with Gasteiger partial charge in [0.2, 0.25) is 0 Å². The van der Waals surface area contributed by atoms with Gasteiger partial charge in [0.25, 0.3) is 0 Å². The minimum Gasteiger partial charge on any atom is -0.336 e. The molecule has 2 aliphatic rings. The summed E-state index contributed by atoms with van der Waals surface area (Å²) >= 11 is 0. The van der Waals surface area contributed by atoms with Crippen molar-refractivity contribution in [3.63, 3.8) is 0 Å². The first-order valence-electron chi connectivity index (χ1n) is 5.01. The molecule has 1 unspecified atom stereocenters. The molecule has 0 aromatic heterocycles. The second-order valence-electron chi connectivity index (χ2n) is 3.79. The van der Waals surface area contributed by atoms with Crippen LogP contribution in [0, 0.1) is 0 Å². The van der Waals surface area contributed by atoms with Crippen LogP contribution >= 0.6 is 0 Å². The van der Waals surface area contributed by atoms with E-state index in [9.17, 15) is 9.59 Å². The summed E-state index contributed by atoms with van der Waals surface area (Å²) < 4.78 is 0. The Morgan fingerprint density at radius 3 is 3.14 bits per heavy atom. The number of rotatable bonds is 3. The predicted octanol–water partition coefficient (Wildman–Crippen LogP) is -0.715. The third-order valence-electron chi connectivity index (χ3n) is 2.88. The van der Waals surface area contributed by atoms with Crippen molar-refractivity contribution in [1.82, 2.24) is 15.1 Å². The number of hydrogen-bond acceptors (Lipinski definition) is 3. The van der Waals surface area contributed by atoms with Gasteiger partial charge in [-0.1, -0.05) is 0 Å². The van der Waals surface area contributed by atoms with Crippen molar-refractivity contribution < 1.29 is 9.59 Å². The van der Waals surface area contributed by atoms with Gasteiger partial charge in [0, 0.05) is 39.1 Å². The third kappa shape index (κ3) is 1.72. The summed E-state index contributed by atoms with van der Waals surface area (Å²) in [6.45, 7) is 4.14. The zero-order chi connectivity index (χ0) is 9.97. The summed E-state index contributed by atoms with van der Waals surface area (Å²) in [6.07, 6.45) is 1.54. The third-order valence-corrected chi connectivity index (χ3v) is 2.88. The maximum Gasteiger partial charge on any atom is 0.317 e. The number of carbonyl (C=O) groups is 2. The summed E-state index contributed by atoms with van der Waals surface area (Å²) in [6, 6.07) is 0.368. The number of piperazine rings is 1. The highest BCUT2D eigenvalue weighted by atomic mass is 16.2. The van der Waals surface area contributed by atoms with E-state index >= 15 is 0 Å². The maximum absolute atomic E-state index is 11.3. The van der Waals surface area contributed by atoms with Gasteiger partial charge in [-0.2, -0.15) is 0 Å². The monoisotopic (exact) mass is 197 g/mol. The first-order valence-corrected chi connectivity index (χ1v) is 5.01. The molecule has 0 spiro atoms. The second-order valence-corrected chi connectivity index (χ2v) is 3.79. The quantitative estimate of drug-likeness (QED) is 0.608. The number of fused-ring (bicyclic) bond motifs is 1. The van der Waals surface area contributed by atoms with Crippen LogP contribution in [0.3, 0.4) is 0 Å². The van der Waals surface area contributed by atoms with E-state index in [1.807, 2.05) is 4.90 Å². The predicted molar refractivity (Wildman–Crippen MR) is 51.0 cm³/mol. The van der Waals surface area contributed by atoms with E-state index in [0.29, 0.717) is 12.5 Å². The van der Waals surface area contributed by atoms with E-state index in [2.05, 4.69) is 10.2 Å². The van der Waals surface area contributed by atoms with Crippen LogP contribution in [0.25, 0.3) is 0 Å². The van der Waals surface area contributed by atoms with Crippen molar-refractivity contribution in [1.29, 1.82) is 0 Å². The van der Waals surface area contributed by atoms with Crippen molar-refractivity contribution in [2.75, 3.05) is 32.7 Å². The molecule has 0 aromatic carbocycles. The Bertz CT molecular complexity index is 244. The molecule has 0 aromatic rings. The minimum atomic E-state index is 0.0602. The lowest BCUT2D eigenvalue weighted by Gasteiger charge is -2.36. The highest BCUT2D eigenvalue weighted by Crippen LogP contribution is 2.13. The van der Waals surface area contributed by atoms with Crippen LogP contribution < -0.4 is 5.32 Å². The Hall–Kier alpha value is -1.10. The van der Waals surface area contributed by atoms with Gasteiger partial charge in [-0.15, -0.1) is 0 Å². The van der Waals surface area contributed by atoms with Gasteiger partial charge in [-0.25, -0.2) is 4.79 Å². The fourth-order valence-corrected chi connectivity index (χ4v) is 2.11. The molecule has 0 radical (unpaired) electrons. The zero-order valence-electron chi connectivity index (χ0n) is 8.11. The molecule has 5 nitrogen and oxygen atoms in total. The van der Waals surface area contributed by atoms with Crippen LogP contribution in [0.4, 0.5) is 4.79 Å². The molecule has 1 N–H and O–H groups in total. The topological polar surface area (TPSA) is 52.7 Å². The lowest BCUT2D eigenvalue weighted by Crippen LogP contribution is -2.52. The molecular formula is C9H15N3O2. The summed E-state index contributed by atoms with van der Waals surface area (Å²) in [4.78, 5) is 25.6. The number of urea groups is 1. The number of nitrogens with zero attached hydrogens (tertiary/aromatic N) is 2. The molecule has 2 rings (SSSR count). The smallest absolute Gasteiger partial charge is 0.317 e. The normalized spacial score (nSPS) is 27.3. The van der Waals surface area contributed by atoms with E-state index < -0.39 is 0 Å². The molecule has 2 saturated heterocycles. The highest BCUT2D eigenvalue weighted by Gasteiger charge is 2.34. The molecule has 1 atom stereocenters. The average Bonchev–Trinajstić information content (AvgIpc) is 2.57. The summed E-state index contributed by atoms with van der Waals surface area (Å²) in [5.41, 5.74) is 0. The first-order chi connectivity index (χ1) is 6.81. The molecular weight excluding hydrogens is 182 g/mol. The lowest BCUT2D eigenvalue weighted by molar-refractivity contribution is -0.108. The molecule has 5 heteroatoms. The van der Waals surface area contributed by atoms with Crippen LogP contribution in [-0.4, -0.2) is 60.9 Å². The summed E-state index contributed by atoms with van der Waals surface area (Å²) in [5.74, 6) is 0. The maximum atomic E-state index is 11.3. The van der Waals surface area contributed by atoms with Gasteiger partial charge in [0.05, 0.1) is 6.04 Å². The number of amides is 2. The molecule has 14 heavy (non-hydrogen) atoms. The van der Waals surface area contributed by atoms with Gasteiger partial charge in [-0.3, -0.25) is 4.90 Å². The van der Waals surface area contributed by atoms with Crippen LogP contribution in [0.5, 0.6) is 0 Å². The largest absolute Gasteiger partial charge is 0.336 e. The van der Waals surface area contributed by atoms with Crippen LogP contribution in [-0.2, 0) is 4.79 Å². The fraction of sp³-hybridized carbons (Fsp3) is 0.778. The lowest BCUT2D eigenvalue weighted by atomic mass is 10.2. The Labute approximate surface area is 83.0 Å². The van der Waals surface area contributed by atoms with Crippen molar-refractivity contribution >= 4 is 12.3 Å². The number of carbonyl (C=O) groups excluding carboxylic acids is 2. The standard InChI is InChI=1S/C9H15N3O2/c13-5-1-2-11-3-4-12-8(7-11)6-10-9(12)14/h5,8H,1-4,6-7H2,(H,10,14). The SMILES string of the molecule is O=CCCN1CCN2C(=O)NCC2C1. The minimum absolute atomic E-state index is 0.0602. The molecule has 2 heterocycles. The van der Waals surface area contributed by atoms with Crippen LogP contribution in [0.15, 0.2) is 0 Å². The number of aldehydes is 1. The van der Waals surface area contributed by atoms with E-state index in [1.165, 1.54) is 0 Å². The zero-order valence-corrected chi connectivity index (χ0v) is 8.11. The van der Waals surface area contributed by atoms with Gasteiger partial charge in [-0.05, 0) is 0 Å². The van der Waals surface area contributed by atoms with E-state index in [0.717, 1.165) is 39.0 Å². The number of nitrogens with one attached hydrogen (secondary N) is 1. The van der Waals surface area contributed by atoms with Gasteiger partial charge in [0.15, 0.2) is 0 Å². The highest BCUT2D eigenvalue weighted by molar-refractivity contribution is 5.77. The molecule has 0 bridgehead atoms. The molecule has 2 amide bonds. The molecule has 2 fully saturated rings. The fourth-order valence-electron chi connectivity index (χ4n) is 2.11. The molecule has 2 aliphatic heterocycles. The van der Waals surface area contributed by atoms with Gasteiger partial charge in [0.1, 0.15) is 6.29 Å². The van der Waals surface area contributed by atoms with Gasteiger partial charge >= 0.3 is 6.03 Å². The van der Waals surface area contributed by atoms with Gasteiger partial charge < -0.3 is 15.0 Å². The van der Waals surface area contributed by atoms with Crippen LogP contribution in [0.2, 0.25) is 0 Å². The summed E-state index contributed by atoms with van der Waals surface area (Å²) in [5, 5.41) is 2.83.